The van der Waals surface area contributed by atoms with Crippen LogP contribution < -0.4 is 22.1 Å². The Morgan fingerprint density at radius 2 is 1.30 bits per heavy atom. The van der Waals surface area contributed by atoms with Crippen molar-refractivity contribution < 1.29 is 50.6 Å². The fourth-order valence-electron chi connectivity index (χ4n) is 4.38. The van der Waals surface area contributed by atoms with Crippen molar-refractivity contribution in [2.24, 2.45) is 17.4 Å². The Bertz CT molecular complexity index is 1350. The molecule has 2 aromatic carbocycles. The SMILES string of the molecule is CC(CC(=O)N(CCN)CCN)C(=O)NC(C(=O)NCCN(C)C(=O)c1ccc(C(F)(F)F)cc1)C(O)c1ccc(C(F)(F)F)cc1. The molecule has 7 N–H and O–H groups in total. The first-order valence-corrected chi connectivity index (χ1v) is 14.4. The van der Waals surface area contributed by atoms with Gasteiger partial charge in [-0.2, -0.15) is 26.3 Å². The second-order valence-electron chi connectivity index (χ2n) is 10.7. The third-order valence-electron chi connectivity index (χ3n) is 7.11. The number of aliphatic hydroxyl groups excluding tert-OH is 1. The number of likely N-dealkylation sites (N-methyl/N-ethyl adjacent to an activating group) is 1. The van der Waals surface area contributed by atoms with E-state index in [4.69, 9.17) is 11.5 Å². The first-order valence-electron chi connectivity index (χ1n) is 14.4. The van der Waals surface area contributed by atoms with Gasteiger partial charge in [0.05, 0.1) is 11.1 Å². The first kappa shape index (κ1) is 39.0. The van der Waals surface area contributed by atoms with E-state index in [1.54, 1.807) is 0 Å². The van der Waals surface area contributed by atoms with Crippen LogP contribution in [0.25, 0.3) is 0 Å². The number of rotatable bonds is 15. The Morgan fingerprint density at radius 3 is 1.77 bits per heavy atom. The van der Waals surface area contributed by atoms with Gasteiger partial charge >= 0.3 is 12.4 Å². The number of hydrogen-bond acceptors (Lipinski definition) is 7. The Morgan fingerprint density at radius 1 is 0.809 bits per heavy atom. The van der Waals surface area contributed by atoms with Crippen molar-refractivity contribution in [1.82, 2.24) is 20.4 Å². The molecule has 0 aliphatic rings. The van der Waals surface area contributed by atoms with Crippen molar-refractivity contribution in [1.29, 1.82) is 0 Å². The minimum atomic E-state index is -4.66. The van der Waals surface area contributed by atoms with E-state index < -0.39 is 65.2 Å². The largest absolute Gasteiger partial charge is 0.416 e. The number of nitrogens with two attached hydrogens (primary N) is 2. The summed E-state index contributed by atoms with van der Waals surface area (Å²) in [6.45, 7) is 1.70. The molecule has 0 aliphatic heterocycles. The topological polar surface area (TPSA) is 171 Å². The van der Waals surface area contributed by atoms with E-state index in [2.05, 4.69) is 10.6 Å². The zero-order valence-corrected chi connectivity index (χ0v) is 25.7. The summed E-state index contributed by atoms with van der Waals surface area (Å²) < 4.78 is 77.7. The summed E-state index contributed by atoms with van der Waals surface area (Å²) in [6, 6.07) is 5.05. The molecular formula is C30H38F6N6O5. The molecule has 11 nitrogen and oxygen atoms in total. The molecule has 0 radical (unpaired) electrons. The zero-order valence-electron chi connectivity index (χ0n) is 25.7. The van der Waals surface area contributed by atoms with E-state index in [1.807, 2.05) is 0 Å². The maximum atomic E-state index is 13.2. The lowest BCUT2D eigenvalue weighted by Gasteiger charge is -2.27. The van der Waals surface area contributed by atoms with Crippen molar-refractivity contribution in [3.8, 4) is 0 Å². The number of alkyl halides is 6. The molecule has 3 atom stereocenters. The number of carbonyl (C=O) groups is 4. The van der Waals surface area contributed by atoms with Gasteiger partial charge in [0.1, 0.15) is 12.1 Å². The van der Waals surface area contributed by atoms with Gasteiger partial charge < -0.3 is 37.0 Å². The van der Waals surface area contributed by atoms with Crippen molar-refractivity contribution in [2.75, 3.05) is 46.3 Å². The van der Waals surface area contributed by atoms with Crippen LogP contribution in [0.2, 0.25) is 0 Å². The van der Waals surface area contributed by atoms with Crippen LogP contribution in [-0.4, -0.2) is 90.9 Å². The normalized spacial score (nSPS) is 13.7. The number of aliphatic hydroxyl groups is 1. The predicted octanol–water partition coefficient (Wildman–Crippen LogP) is 1.90. The van der Waals surface area contributed by atoms with Gasteiger partial charge in [-0.3, -0.25) is 19.2 Å². The molecule has 0 spiro atoms. The first-order chi connectivity index (χ1) is 21.9. The highest BCUT2D eigenvalue weighted by atomic mass is 19.4. The molecular weight excluding hydrogens is 638 g/mol. The second kappa shape index (κ2) is 17.1. The maximum absolute atomic E-state index is 13.2. The van der Waals surface area contributed by atoms with Crippen LogP contribution in [0.1, 0.15) is 46.5 Å². The number of nitrogens with zero attached hydrogens (tertiary/aromatic N) is 2. The molecule has 0 heterocycles. The van der Waals surface area contributed by atoms with Crippen LogP contribution >= 0.6 is 0 Å². The number of carbonyl (C=O) groups excluding carboxylic acids is 4. The lowest BCUT2D eigenvalue weighted by atomic mass is 9.98. The minimum Gasteiger partial charge on any atom is -0.386 e. The monoisotopic (exact) mass is 676 g/mol. The molecule has 0 saturated heterocycles. The van der Waals surface area contributed by atoms with Gasteiger partial charge in [-0.05, 0) is 42.0 Å². The molecule has 0 bridgehead atoms. The van der Waals surface area contributed by atoms with Gasteiger partial charge in [0.15, 0.2) is 0 Å². The van der Waals surface area contributed by atoms with Crippen LogP contribution in [-0.2, 0) is 26.7 Å². The van der Waals surface area contributed by atoms with Crippen LogP contribution in [0.5, 0.6) is 0 Å². The van der Waals surface area contributed by atoms with E-state index in [1.165, 1.54) is 18.9 Å². The third kappa shape index (κ3) is 11.5. The number of nitrogens with one attached hydrogen (secondary N) is 2. The molecule has 47 heavy (non-hydrogen) atoms. The highest BCUT2D eigenvalue weighted by molar-refractivity contribution is 5.94. The van der Waals surface area contributed by atoms with Crippen molar-refractivity contribution in [3.63, 3.8) is 0 Å². The van der Waals surface area contributed by atoms with Gasteiger partial charge in [-0.25, -0.2) is 0 Å². The number of amides is 4. The van der Waals surface area contributed by atoms with E-state index in [-0.39, 0.29) is 56.8 Å². The van der Waals surface area contributed by atoms with Crippen molar-refractivity contribution in [3.05, 3.63) is 70.8 Å². The molecule has 0 aromatic heterocycles. The lowest BCUT2D eigenvalue weighted by Crippen LogP contribution is -2.52. The van der Waals surface area contributed by atoms with E-state index in [0.29, 0.717) is 12.1 Å². The average Bonchev–Trinajstić information content (AvgIpc) is 3.01. The Kier molecular flexibility index (Phi) is 14.2. The Hall–Kier alpha value is -4.22. The molecule has 2 aromatic rings. The van der Waals surface area contributed by atoms with Gasteiger partial charge in [0, 0.05) is 64.2 Å². The Balaban J connectivity index is 2.17. The number of halogens is 6. The molecule has 3 unspecified atom stereocenters. The van der Waals surface area contributed by atoms with Gasteiger partial charge in [0.2, 0.25) is 17.7 Å². The molecule has 0 saturated carbocycles. The second-order valence-corrected chi connectivity index (χ2v) is 10.7. The lowest BCUT2D eigenvalue weighted by molar-refractivity contribution is -0.138. The molecule has 0 aliphatic carbocycles. The van der Waals surface area contributed by atoms with Gasteiger partial charge in [0.25, 0.3) is 5.91 Å². The van der Waals surface area contributed by atoms with Crippen LogP contribution in [0.15, 0.2) is 48.5 Å². The summed E-state index contributed by atoms with van der Waals surface area (Å²) in [7, 11) is 1.33. The smallest absolute Gasteiger partial charge is 0.386 e. The van der Waals surface area contributed by atoms with Crippen LogP contribution in [0, 0.1) is 5.92 Å². The summed E-state index contributed by atoms with van der Waals surface area (Å²) in [4.78, 5) is 54.1. The minimum absolute atomic E-state index is 0.0466. The standard InChI is InChI=1S/C30H38F6N6O5/c1-18(17-23(43)42(14-11-37)15-12-38)26(45)40-24(25(44)19-3-7-21(8-4-19)29(31,32)33)27(46)39-13-16-41(2)28(47)20-5-9-22(10-6-20)30(34,35)36/h3-10,18,24-25,44H,11-17,37-38H2,1-2H3,(H,39,46)(H,40,45). The fourth-order valence-corrected chi connectivity index (χ4v) is 4.38. The zero-order chi connectivity index (χ0) is 35.5. The van der Waals surface area contributed by atoms with Crippen LogP contribution in [0.3, 0.4) is 0 Å². The fraction of sp³-hybridized carbons (Fsp3) is 0.467. The van der Waals surface area contributed by atoms with Crippen LogP contribution in [0.4, 0.5) is 26.3 Å². The van der Waals surface area contributed by atoms with E-state index in [0.717, 1.165) is 41.3 Å². The summed E-state index contributed by atoms with van der Waals surface area (Å²) in [5.41, 5.74) is 8.93. The maximum Gasteiger partial charge on any atom is 0.416 e. The Labute approximate surface area is 267 Å². The summed E-state index contributed by atoms with van der Waals surface area (Å²) >= 11 is 0. The molecule has 4 amide bonds. The summed E-state index contributed by atoms with van der Waals surface area (Å²) in [5.74, 6) is -3.89. The molecule has 0 fully saturated rings. The predicted molar refractivity (Wildman–Crippen MR) is 158 cm³/mol. The third-order valence-corrected chi connectivity index (χ3v) is 7.11. The van der Waals surface area contributed by atoms with Gasteiger partial charge in [-0.1, -0.05) is 19.1 Å². The average molecular weight is 677 g/mol. The summed E-state index contributed by atoms with van der Waals surface area (Å²) in [5, 5.41) is 15.8. The van der Waals surface area contributed by atoms with Crippen molar-refractivity contribution >= 4 is 23.6 Å². The van der Waals surface area contributed by atoms with E-state index >= 15 is 0 Å². The quantitative estimate of drug-likeness (QED) is 0.179. The molecule has 17 heteroatoms. The number of benzene rings is 2. The molecule has 260 valence electrons. The highest BCUT2D eigenvalue weighted by Crippen LogP contribution is 2.31. The van der Waals surface area contributed by atoms with Crippen molar-refractivity contribution in [2.45, 2.75) is 37.8 Å². The molecule has 2 rings (SSSR count). The summed E-state index contributed by atoms with van der Waals surface area (Å²) in [6.07, 6.45) is -11.4. The number of hydrogen-bond donors (Lipinski definition) is 5. The van der Waals surface area contributed by atoms with E-state index in [9.17, 15) is 50.6 Å². The van der Waals surface area contributed by atoms with Gasteiger partial charge in [-0.15, -0.1) is 0 Å². The highest BCUT2D eigenvalue weighted by Gasteiger charge is 2.34.